The number of para-hydroxylation sites is 2. The molecule has 0 spiro atoms. The number of nitrogens with zero attached hydrogens (tertiary/aromatic N) is 1. The summed E-state index contributed by atoms with van der Waals surface area (Å²) in [5.41, 5.74) is 5.81. The van der Waals surface area contributed by atoms with E-state index in [0.717, 1.165) is 0 Å². The van der Waals surface area contributed by atoms with Gasteiger partial charge in [-0.05, 0) is 19.1 Å². The minimum absolute atomic E-state index is 0.0167. The number of ether oxygens (including phenoxy) is 1. The summed E-state index contributed by atoms with van der Waals surface area (Å²) >= 11 is 5.92. The van der Waals surface area contributed by atoms with Gasteiger partial charge >= 0.3 is 5.69 Å². The van der Waals surface area contributed by atoms with Gasteiger partial charge in [0.25, 0.3) is 0 Å². The van der Waals surface area contributed by atoms with E-state index in [0.29, 0.717) is 5.56 Å². The number of nitro benzene ring substituents is 1. The molecule has 0 saturated heterocycles. The second kappa shape index (κ2) is 6.07. The highest BCUT2D eigenvalue weighted by molar-refractivity contribution is 6.32. The van der Waals surface area contributed by atoms with Crippen molar-refractivity contribution in [3.63, 3.8) is 0 Å². The van der Waals surface area contributed by atoms with Gasteiger partial charge in [-0.15, -0.1) is 0 Å². The van der Waals surface area contributed by atoms with Crippen LogP contribution in [0.15, 0.2) is 36.4 Å². The van der Waals surface area contributed by atoms with E-state index in [1.807, 2.05) is 0 Å². The molecule has 21 heavy (non-hydrogen) atoms. The SMILES string of the molecule is CC(N)c1cccc(F)c1Oc1c(Cl)cccc1[N+](=O)[O-]. The maximum absolute atomic E-state index is 14.0. The lowest BCUT2D eigenvalue weighted by molar-refractivity contribution is -0.385. The van der Waals surface area contributed by atoms with Crippen molar-refractivity contribution in [1.29, 1.82) is 0 Å². The summed E-state index contributed by atoms with van der Waals surface area (Å²) in [5.74, 6) is -1.04. The highest BCUT2D eigenvalue weighted by atomic mass is 35.5. The molecule has 0 aliphatic carbocycles. The maximum Gasteiger partial charge on any atom is 0.313 e. The van der Waals surface area contributed by atoms with Crippen molar-refractivity contribution in [2.75, 3.05) is 0 Å². The first kappa shape index (κ1) is 15.2. The summed E-state index contributed by atoms with van der Waals surface area (Å²) in [6.45, 7) is 1.66. The Balaban J connectivity index is 2.56. The zero-order valence-corrected chi connectivity index (χ0v) is 11.8. The van der Waals surface area contributed by atoms with Crippen LogP contribution >= 0.6 is 11.6 Å². The Hall–Kier alpha value is -2.18. The van der Waals surface area contributed by atoms with Crippen molar-refractivity contribution in [2.24, 2.45) is 5.73 Å². The minimum atomic E-state index is -0.668. The Kier molecular flexibility index (Phi) is 4.40. The zero-order chi connectivity index (χ0) is 15.6. The number of hydrogen-bond donors (Lipinski definition) is 1. The summed E-state index contributed by atoms with van der Waals surface area (Å²) < 4.78 is 19.4. The molecule has 0 bridgehead atoms. The topological polar surface area (TPSA) is 78.4 Å². The fourth-order valence-electron chi connectivity index (χ4n) is 1.84. The van der Waals surface area contributed by atoms with Gasteiger partial charge in [-0.1, -0.05) is 29.8 Å². The van der Waals surface area contributed by atoms with Crippen LogP contribution in [0.2, 0.25) is 5.02 Å². The Morgan fingerprint density at radius 3 is 2.57 bits per heavy atom. The average molecular weight is 311 g/mol. The lowest BCUT2D eigenvalue weighted by Gasteiger charge is -2.15. The van der Waals surface area contributed by atoms with Crippen molar-refractivity contribution in [1.82, 2.24) is 0 Å². The monoisotopic (exact) mass is 310 g/mol. The molecule has 0 amide bonds. The van der Waals surface area contributed by atoms with E-state index in [1.165, 1.54) is 30.3 Å². The number of halogens is 2. The van der Waals surface area contributed by atoms with E-state index < -0.39 is 16.8 Å². The standard InChI is InChI=1S/C14H12ClFN2O3/c1-8(17)9-4-2-6-11(16)13(9)21-14-10(15)5-3-7-12(14)18(19)20/h2-8H,17H2,1H3. The van der Waals surface area contributed by atoms with Gasteiger partial charge in [0, 0.05) is 17.7 Å². The summed E-state index contributed by atoms with van der Waals surface area (Å²) in [7, 11) is 0. The predicted octanol–water partition coefficient (Wildman–Crippen LogP) is 4.20. The van der Waals surface area contributed by atoms with Gasteiger partial charge in [0.15, 0.2) is 11.6 Å². The maximum atomic E-state index is 14.0. The van der Waals surface area contributed by atoms with Crippen LogP contribution in [0.4, 0.5) is 10.1 Å². The Morgan fingerprint density at radius 1 is 1.29 bits per heavy atom. The smallest absolute Gasteiger partial charge is 0.313 e. The quantitative estimate of drug-likeness (QED) is 0.678. The van der Waals surface area contributed by atoms with Crippen molar-refractivity contribution >= 4 is 17.3 Å². The molecule has 0 fully saturated rings. The van der Waals surface area contributed by atoms with Crippen LogP contribution in [-0.2, 0) is 0 Å². The van der Waals surface area contributed by atoms with E-state index in [1.54, 1.807) is 13.0 Å². The van der Waals surface area contributed by atoms with Gasteiger partial charge in [-0.3, -0.25) is 10.1 Å². The zero-order valence-electron chi connectivity index (χ0n) is 11.0. The van der Waals surface area contributed by atoms with Crippen LogP contribution < -0.4 is 10.5 Å². The van der Waals surface area contributed by atoms with E-state index >= 15 is 0 Å². The van der Waals surface area contributed by atoms with Gasteiger partial charge in [-0.25, -0.2) is 4.39 Å². The molecule has 0 aliphatic heterocycles. The normalized spacial score (nSPS) is 12.0. The van der Waals surface area contributed by atoms with Gasteiger partial charge < -0.3 is 10.5 Å². The molecule has 2 aromatic rings. The van der Waals surface area contributed by atoms with Gasteiger partial charge in [0.2, 0.25) is 5.75 Å². The highest BCUT2D eigenvalue weighted by Crippen LogP contribution is 2.40. The van der Waals surface area contributed by atoms with Crippen molar-refractivity contribution in [3.8, 4) is 11.5 Å². The Labute approximate surface area is 125 Å². The third-order valence-electron chi connectivity index (χ3n) is 2.84. The van der Waals surface area contributed by atoms with E-state index in [2.05, 4.69) is 0 Å². The average Bonchev–Trinajstić information content (AvgIpc) is 2.42. The summed E-state index contributed by atoms with van der Waals surface area (Å²) in [4.78, 5) is 10.4. The molecule has 0 saturated carbocycles. The highest BCUT2D eigenvalue weighted by Gasteiger charge is 2.22. The molecule has 1 unspecified atom stereocenters. The van der Waals surface area contributed by atoms with Crippen LogP contribution in [-0.4, -0.2) is 4.92 Å². The lowest BCUT2D eigenvalue weighted by Crippen LogP contribution is -2.08. The summed E-state index contributed by atoms with van der Waals surface area (Å²) in [6.07, 6.45) is 0. The van der Waals surface area contributed by atoms with Crippen LogP contribution in [0.3, 0.4) is 0 Å². The van der Waals surface area contributed by atoms with Crippen LogP contribution in [0, 0.1) is 15.9 Å². The first-order valence-electron chi connectivity index (χ1n) is 6.06. The van der Waals surface area contributed by atoms with E-state index in [9.17, 15) is 14.5 Å². The molecular formula is C14H12ClFN2O3. The second-order valence-electron chi connectivity index (χ2n) is 4.39. The van der Waals surface area contributed by atoms with E-state index in [-0.39, 0.29) is 22.2 Å². The number of nitro groups is 1. The van der Waals surface area contributed by atoms with Gasteiger partial charge in [0.1, 0.15) is 0 Å². The molecule has 2 N–H and O–H groups in total. The lowest BCUT2D eigenvalue weighted by atomic mass is 10.1. The molecule has 1 atom stereocenters. The summed E-state index contributed by atoms with van der Waals surface area (Å²) in [6, 6.07) is 7.83. The first-order valence-corrected chi connectivity index (χ1v) is 6.44. The first-order chi connectivity index (χ1) is 9.91. The van der Waals surface area contributed by atoms with Crippen LogP contribution in [0.1, 0.15) is 18.5 Å². The third-order valence-corrected chi connectivity index (χ3v) is 3.13. The molecule has 2 aromatic carbocycles. The van der Waals surface area contributed by atoms with E-state index in [4.69, 9.17) is 22.1 Å². The van der Waals surface area contributed by atoms with Crippen LogP contribution in [0.25, 0.3) is 0 Å². The second-order valence-corrected chi connectivity index (χ2v) is 4.80. The predicted molar refractivity (Wildman–Crippen MR) is 77.2 cm³/mol. The molecule has 7 heteroatoms. The Bertz CT molecular complexity index is 692. The van der Waals surface area contributed by atoms with Crippen molar-refractivity contribution in [2.45, 2.75) is 13.0 Å². The molecule has 0 heterocycles. The molecule has 0 aliphatic rings. The number of rotatable bonds is 4. The molecule has 2 rings (SSSR count). The fourth-order valence-corrected chi connectivity index (χ4v) is 2.04. The minimum Gasteiger partial charge on any atom is -0.445 e. The molecule has 5 nitrogen and oxygen atoms in total. The number of hydrogen-bond acceptors (Lipinski definition) is 4. The van der Waals surface area contributed by atoms with Crippen LogP contribution in [0.5, 0.6) is 11.5 Å². The fraction of sp³-hybridized carbons (Fsp3) is 0.143. The largest absolute Gasteiger partial charge is 0.445 e. The molecule has 110 valence electrons. The molecule has 0 radical (unpaired) electrons. The van der Waals surface area contributed by atoms with Crippen molar-refractivity contribution < 1.29 is 14.1 Å². The summed E-state index contributed by atoms with van der Waals surface area (Å²) in [5, 5.41) is 11.0. The van der Waals surface area contributed by atoms with Gasteiger partial charge in [-0.2, -0.15) is 0 Å². The Morgan fingerprint density at radius 2 is 1.95 bits per heavy atom. The third kappa shape index (κ3) is 3.12. The molecular weight excluding hydrogens is 299 g/mol. The van der Waals surface area contributed by atoms with Crippen molar-refractivity contribution in [3.05, 3.63) is 62.9 Å². The number of nitrogens with two attached hydrogens (primary N) is 1. The molecule has 0 aromatic heterocycles. The van der Waals surface area contributed by atoms with Gasteiger partial charge in [0.05, 0.1) is 9.95 Å². The number of benzene rings is 2.